The van der Waals surface area contributed by atoms with Crippen LogP contribution >= 0.6 is 0 Å². The Morgan fingerprint density at radius 3 is 1.56 bits per heavy atom. The smallest absolute Gasteiger partial charge is 0.357 e. The van der Waals surface area contributed by atoms with Crippen molar-refractivity contribution >= 4 is 15.8 Å². The van der Waals surface area contributed by atoms with E-state index >= 15 is 0 Å². The molecule has 0 unspecified atom stereocenters. The predicted molar refractivity (Wildman–Crippen MR) is 120 cm³/mol. The summed E-state index contributed by atoms with van der Waals surface area (Å²) in [5, 5.41) is 10.2. The van der Waals surface area contributed by atoms with E-state index < -0.39 is 25.6 Å². The Morgan fingerprint density at radius 1 is 0.781 bits per heavy atom. The number of hydrogen-bond donors (Lipinski definition) is 0. The Bertz CT molecular complexity index is 1090. The number of benzene rings is 3. The second-order valence-electron chi connectivity index (χ2n) is 7.72. The molecule has 0 spiro atoms. The molecule has 3 aromatic rings. The van der Waals surface area contributed by atoms with Crippen LogP contribution in [0.15, 0.2) is 77.7 Å². The normalized spacial score (nSPS) is 11.2. The summed E-state index contributed by atoms with van der Waals surface area (Å²) < 4.78 is 34.3. The highest BCUT2D eigenvalue weighted by molar-refractivity contribution is 7.85. The molecule has 170 valence electrons. The molecule has 0 atom stereocenters. The van der Waals surface area contributed by atoms with Crippen molar-refractivity contribution in [1.29, 1.82) is 0 Å². The molecule has 0 amide bonds. The van der Waals surface area contributed by atoms with E-state index in [4.69, 9.17) is 0 Å². The van der Waals surface area contributed by atoms with E-state index in [2.05, 4.69) is 76.2 Å². The van der Waals surface area contributed by atoms with E-state index in [0.29, 0.717) is 11.8 Å². The Morgan fingerprint density at radius 2 is 1.22 bits per heavy atom. The monoisotopic (exact) mass is 567 g/mol. The fraction of sp³-hybridized carbons (Fsp3) is 0.250. The summed E-state index contributed by atoms with van der Waals surface area (Å²) >= 11 is -0.0366. The Labute approximate surface area is 199 Å². The first-order valence-corrected chi connectivity index (χ1v) is 13.6. The first-order chi connectivity index (χ1) is 15.0. The molecule has 0 N–H and O–H groups in total. The first-order valence-electron chi connectivity index (χ1n) is 10.0. The molecule has 8 heteroatoms. The number of nitrogens with zero attached hydrogens (tertiary/aromatic N) is 1. The van der Waals surface area contributed by atoms with E-state index in [1.165, 1.54) is 18.3 Å². The minimum atomic E-state index is -4.61. The van der Waals surface area contributed by atoms with Crippen LogP contribution in [0.1, 0.15) is 50.7 Å². The van der Waals surface area contributed by atoms with Crippen LogP contribution in [0.2, 0.25) is 0 Å². The molecule has 0 aromatic heterocycles. The highest BCUT2D eigenvalue weighted by Crippen LogP contribution is 2.16. The van der Waals surface area contributed by atoms with Gasteiger partial charge in [-0.05, 0) is 53.3 Å². The second-order valence-corrected chi connectivity index (χ2v) is 12.1. The fourth-order valence-electron chi connectivity index (χ4n) is 2.70. The summed E-state index contributed by atoms with van der Waals surface area (Å²) in [4.78, 5) is 8.82. The van der Waals surface area contributed by atoms with Crippen LogP contribution in [-0.4, -0.2) is 17.9 Å². The van der Waals surface area contributed by atoms with Crippen molar-refractivity contribution in [3.63, 3.8) is 0 Å². The fourth-order valence-corrected chi connectivity index (χ4v) is 5.37. The maximum absolute atomic E-state index is 10.4. The quantitative estimate of drug-likeness (QED) is 0.197. The molecule has 0 aliphatic carbocycles. The Kier molecular flexibility index (Phi) is 9.35. The van der Waals surface area contributed by atoms with Crippen LogP contribution in [0.3, 0.4) is 0 Å². The van der Waals surface area contributed by atoms with Crippen molar-refractivity contribution in [2.24, 2.45) is 0 Å². The molecule has 0 heterocycles. The van der Waals surface area contributed by atoms with E-state index in [1.807, 2.05) is 0 Å². The van der Waals surface area contributed by atoms with Gasteiger partial charge in [-0.1, -0.05) is 58.0 Å². The third-order valence-corrected chi connectivity index (χ3v) is 8.12. The summed E-state index contributed by atoms with van der Waals surface area (Å²) in [6.45, 7) is 8.98. The maximum Gasteiger partial charge on any atom is 0.357 e. The van der Waals surface area contributed by atoms with Gasteiger partial charge in [0.2, 0.25) is 0 Å². The number of nitro benzene ring substituents is 1. The van der Waals surface area contributed by atoms with Gasteiger partial charge in [0.15, 0.2) is 7.14 Å². The zero-order valence-corrected chi connectivity index (χ0v) is 21.3. The van der Waals surface area contributed by atoms with Crippen LogP contribution in [0.25, 0.3) is 0 Å². The van der Waals surface area contributed by atoms with Crippen LogP contribution in [0.4, 0.5) is 5.69 Å². The van der Waals surface area contributed by atoms with Gasteiger partial charge in [0, 0.05) is 12.1 Å². The molecule has 32 heavy (non-hydrogen) atoms. The average Bonchev–Trinajstić information content (AvgIpc) is 2.74. The third kappa shape index (κ3) is 7.99. The lowest BCUT2D eigenvalue weighted by molar-refractivity contribution is -0.597. The van der Waals surface area contributed by atoms with Crippen molar-refractivity contribution in [2.45, 2.75) is 44.4 Å². The molecule has 6 nitrogen and oxygen atoms in total. The topological polar surface area (TPSA) is 100 Å². The minimum absolute atomic E-state index is 0.0366. The molecule has 0 radical (unpaired) electrons. The summed E-state index contributed by atoms with van der Waals surface area (Å²) in [5.41, 5.74) is 2.45. The van der Waals surface area contributed by atoms with Gasteiger partial charge in [-0.3, -0.25) is 10.1 Å². The van der Waals surface area contributed by atoms with Crippen molar-refractivity contribution in [1.82, 2.24) is 0 Å². The van der Waals surface area contributed by atoms with Crippen LogP contribution in [0.5, 0.6) is 0 Å². The van der Waals surface area contributed by atoms with E-state index in [1.54, 1.807) is 0 Å². The van der Waals surface area contributed by atoms with Gasteiger partial charge < -0.3 is 4.55 Å². The lowest BCUT2D eigenvalue weighted by atomic mass is 10.0. The summed E-state index contributed by atoms with van der Waals surface area (Å²) in [5.74, 6) is 1.25. The zero-order chi connectivity index (χ0) is 23.9. The molecule has 0 aliphatic rings. The SMILES string of the molecule is CC(C)c1ccc([I+]c2ccc(C(C)C)cc2)cc1.O=[N+]([O-])c1cccc(S(=O)(=O)[O-])c1. The lowest BCUT2D eigenvalue weighted by Gasteiger charge is -2.05. The third-order valence-electron chi connectivity index (χ3n) is 4.61. The Balaban J connectivity index is 0.000000244. The van der Waals surface area contributed by atoms with Gasteiger partial charge in [0.25, 0.3) is 5.69 Å². The van der Waals surface area contributed by atoms with Gasteiger partial charge in [-0.15, -0.1) is 0 Å². The number of non-ortho nitro benzene ring substituents is 1. The van der Waals surface area contributed by atoms with Gasteiger partial charge in [-0.25, -0.2) is 8.42 Å². The molecule has 0 fully saturated rings. The molecule has 0 bridgehead atoms. The van der Waals surface area contributed by atoms with Gasteiger partial charge in [-0.2, -0.15) is 0 Å². The van der Waals surface area contributed by atoms with Crippen molar-refractivity contribution in [3.8, 4) is 0 Å². The van der Waals surface area contributed by atoms with Crippen LogP contribution < -0.4 is 21.2 Å². The molecule has 0 saturated heterocycles. The highest BCUT2D eigenvalue weighted by atomic mass is 127. The summed E-state index contributed by atoms with van der Waals surface area (Å²) in [7, 11) is -4.61. The van der Waals surface area contributed by atoms with Gasteiger partial charge in [0.1, 0.15) is 10.1 Å². The number of halogens is 1. The van der Waals surface area contributed by atoms with Crippen molar-refractivity contribution in [2.75, 3.05) is 0 Å². The van der Waals surface area contributed by atoms with Crippen LogP contribution in [0, 0.1) is 17.3 Å². The number of rotatable bonds is 6. The molecule has 0 saturated carbocycles. The number of hydrogen-bond acceptors (Lipinski definition) is 5. The predicted octanol–water partition coefficient (Wildman–Crippen LogP) is 2.56. The minimum Gasteiger partial charge on any atom is -0.744 e. The average molecular weight is 567 g/mol. The van der Waals surface area contributed by atoms with Crippen molar-refractivity contribution < 1.29 is 39.1 Å². The maximum atomic E-state index is 10.4. The van der Waals surface area contributed by atoms with Gasteiger partial charge in [0.05, 0.1) is 9.82 Å². The van der Waals surface area contributed by atoms with Crippen molar-refractivity contribution in [3.05, 3.63) is 101 Å². The Hall–Kier alpha value is -2.30. The summed E-state index contributed by atoms with van der Waals surface area (Å²) in [6, 6.07) is 22.3. The van der Waals surface area contributed by atoms with E-state index in [0.717, 1.165) is 24.3 Å². The van der Waals surface area contributed by atoms with Crippen LogP contribution in [-0.2, 0) is 10.1 Å². The highest BCUT2D eigenvalue weighted by Gasteiger charge is 2.15. The zero-order valence-electron chi connectivity index (χ0n) is 18.4. The molecular formula is C24H26INO5S. The molecule has 3 rings (SSSR count). The largest absolute Gasteiger partial charge is 0.744 e. The second kappa shape index (κ2) is 11.5. The summed E-state index contributed by atoms with van der Waals surface area (Å²) in [6.07, 6.45) is 0. The first kappa shape index (κ1) is 26.0. The molecule has 0 aliphatic heterocycles. The lowest BCUT2D eigenvalue weighted by Crippen LogP contribution is -3.61. The van der Waals surface area contributed by atoms with E-state index in [9.17, 15) is 23.1 Å². The molecule has 3 aromatic carbocycles. The standard InChI is InChI=1S/C18H22I.C6H5NO5S/c1-13(2)15-5-9-17(10-6-15)19-18-11-7-16(8-12-18)14(3)4;8-7(9)5-2-1-3-6(4-5)13(10,11)12/h5-14H,1-4H3;1-4H,(H,10,11,12)/q+1;/p-1. The number of nitro groups is 1. The van der Waals surface area contributed by atoms with Gasteiger partial charge >= 0.3 is 21.2 Å². The molecular weight excluding hydrogens is 541 g/mol. The van der Waals surface area contributed by atoms with E-state index in [-0.39, 0.29) is 21.2 Å².